The van der Waals surface area contributed by atoms with Gasteiger partial charge in [-0.25, -0.2) is 9.97 Å². The van der Waals surface area contributed by atoms with E-state index in [1.165, 1.54) is 11.3 Å². The molecule has 3 heterocycles. The van der Waals surface area contributed by atoms with Crippen LogP contribution >= 0.6 is 11.3 Å². The van der Waals surface area contributed by atoms with Crippen molar-refractivity contribution in [1.82, 2.24) is 19.9 Å². The Kier molecular flexibility index (Phi) is 4.85. The molecule has 0 spiro atoms. The number of nitrogens with zero attached hydrogens (tertiary/aromatic N) is 4. The Bertz CT molecular complexity index is 687. The number of carbonyl (C=O) groups excluding carboxylic acids is 1. The predicted octanol–water partition coefficient (Wildman–Crippen LogP) is 2.38. The second-order valence-electron chi connectivity index (χ2n) is 5.83. The van der Waals surface area contributed by atoms with Gasteiger partial charge in [0, 0.05) is 32.5 Å². The monoisotopic (exact) mass is 331 g/mol. The molecular formula is C16H21N5OS. The van der Waals surface area contributed by atoms with Gasteiger partial charge in [0.25, 0.3) is 5.91 Å². The molecule has 23 heavy (non-hydrogen) atoms. The number of amides is 1. The molecule has 2 aromatic heterocycles. The number of aromatic nitrogens is 3. The molecule has 1 amide bonds. The molecule has 0 aromatic carbocycles. The van der Waals surface area contributed by atoms with Gasteiger partial charge in [0.15, 0.2) is 0 Å². The van der Waals surface area contributed by atoms with E-state index in [2.05, 4.69) is 20.3 Å². The van der Waals surface area contributed by atoms with E-state index >= 15 is 0 Å². The van der Waals surface area contributed by atoms with E-state index in [0.29, 0.717) is 5.92 Å². The maximum absolute atomic E-state index is 12.7. The highest BCUT2D eigenvalue weighted by molar-refractivity contribution is 7.11. The number of piperidine rings is 1. The lowest BCUT2D eigenvalue weighted by Gasteiger charge is -2.32. The first kappa shape index (κ1) is 15.9. The molecule has 1 N–H and O–H groups in total. The smallest absolute Gasteiger partial charge is 0.265 e. The van der Waals surface area contributed by atoms with Gasteiger partial charge in [0.1, 0.15) is 10.7 Å². The first-order chi connectivity index (χ1) is 11.2. The number of anilines is 1. The zero-order chi connectivity index (χ0) is 16.2. The summed E-state index contributed by atoms with van der Waals surface area (Å²) in [7, 11) is 1.86. The molecule has 1 saturated heterocycles. The number of hydrogen-bond acceptors (Lipinski definition) is 6. The summed E-state index contributed by atoms with van der Waals surface area (Å²) in [6.07, 6.45) is 6.41. The summed E-state index contributed by atoms with van der Waals surface area (Å²) in [6, 6.07) is 0. The summed E-state index contributed by atoms with van der Waals surface area (Å²) in [6.45, 7) is 3.49. The van der Waals surface area contributed by atoms with Crippen LogP contribution in [0.4, 0.5) is 5.82 Å². The maximum Gasteiger partial charge on any atom is 0.265 e. The van der Waals surface area contributed by atoms with Gasteiger partial charge in [0.05, 0.1) is 16.9 Å². The van der Waals surface area contributed by atoms with Gasteiger partial charge in [-0.2, -0.15) is 0 Å². The molecule has 2 aromatic rings. The van der Waals surface area contributed by atoms with Crippen LogP contribution in [0.2, 0.25) is 0 Å². The summed E-state index contributed by atoms with van der Waals surface area (Å²) >= 11 is 1.43. The van der Waals surface area contributed by atoms with Gasteiger partial charge in [-0.15, -0.1) is 11.3 Å². The lowest BCUT2D eigenvalue weighted by atomic mass is 9.93. The van der Waals surface area contributed by atoms with E-state index in [4.69, 9.17) is 0 Å². The minimum atomic E-state index is 0.114. The molecule has 0 aliphatic carbocycles. The number of hydrogen-bond donors (Lipinski definition) is 1. The molecule has 1 fully saturated rings. The van der Waals surface area contributed by atoms with E-state index in [-0.39, 0.29) is 5.91 Å². The number of likely N-dealkylation sites (tertiary alicyclic amines) is 1. The van der Waals surface area contributed by atoms with Gasteiger partial charge in [-0.1, -0.05) is 0 Å². The van der Waals surface area contributed by atoms with Crippen LogP contribution < -0.4 is 5.32 Å². The zero-order valence-corrected chi connectivity index (χ0v) is 14.3. The maximum atomic E-state index is 12.7. The van der Waals surface area contributed by atoms with Crippen molar-refractivity contribution in [3.05, 3.63) is 34.2 Å². The summed E-state index contributed by atoms with van der Waals surface area (Å²) in [5, 5.41) is 3.09. The van der Waals surface area contributed by atoms with Crippen LogP contribution in [0, 0.1) is 12.8 Å². The minimum Gasteiger partial charge on any atom is -0.372 e. The number of nitrogens with one attached hydrogen (secondary N) is 1. The van der Waals surface area contributed by atoms with Crippen molar-refractivity contribution in [3.63, 3.8) is 0 Å². The third kappa shape index (κ3) is 3.50. The second-order valence-corrected chi connectivity index (χ2v) is 6.69. The fourth-order valence-corrected chi connectivity index (χ4v) is 3.83. The van der Waals surface area contributed by atoms with Crippen molar-refractivity contribution < 1.29 is 4.79 Å². The van der Waals surface area contributed by atoms with Crippen molar-refractivity contribution in [2.24, 2.45) is 5.92 Å². The van der Waals surface area contributed by atoms with Crippen LogP contribution in [-0.4, -0.2) is 45.9 Å². The lowest BCUT2D eigenvalue weighted by molar-refractivity contribution is 0.0677. The molecule has 0 saturated carbocycles. The van der Waals surface area contributed by atoms with Crippen molar-refractivity contribution in [2.45, 2.75) is 26.2 Å². The summed E-state index contributed by atoms with van der Waals surface area (Å²) in [5.74, 6) is 1.36. The van der Waals surface area contributed by atoms with Crippen LogP contribution in [-0.2, 0) is 6.42 Å². The first-order valence-corrected chi connectivity index (χ1v) is 8.74. The topological polar surface area (TPSA) is 71.0 Å². The van der Waals surface area contributed by atoms with Crippen LogP contribution in [0.15, 0.2) is 17.9 Å². The molecule has 0 radical (unpaired) electrons. The number of thiazole rings is 1. The SMILES string of the molecule is CNc1nccnc1C[C@@H]1CCCN(C(=O)c2scnc2C)C1. The Morgan fingerprint density at radius 3 is 2.96 bits per heavy atom. The number of carbonyl (C=O) groups is 1. The van der Waals surface area contributed by atoms with Crippen molar-refractivity contribution in [1.29, 1.82) is 0 Å². The molecule has 1 aliphatic rings. The van der Waals surface area contributed by atoms with Gasteiger partial charge in [-0.05, 0) is 32.1 Å². The lowest BCUT2D eigenvalue weighted by Crippen LogP contribution is -2.40. The largest absolute Gasteiger partial charge is 0.372 e. The third-order valence-electron chi connectivity index (χ3n) is 4.24. The summed E-state index contributed by atoms with van der Waals surface area (Å²) in [4.78, 5) is 28.3. The predicted molar refractivity (Wildman–Crippen MR) is 90.8 cm³/mol. The third-order valence-corrected chi connectivity index (χ3v) is 5.16. The van der Waals surface area contributed by atoms with Crippen LogP contribution in [0.25, 0.3) is 0 Å². The molecule has 7 heteroatoms. The van der Waals surface area contributed by atoms with E-state index in [0.717, 1.165) is 54.4 Å². The van der Waals surface area contributed by atoms with Crippen LogP contribution in [0.3, 0.4) is 0 Å². The Balaban J connectivity index is 1.69. The normalized spacial score (nSPS) is 18.0. The highest BCUT2D eigenvalue weighted by Crippen LogP contribution is 2.25. The van der Waals surface area contributed by atoms with Gasteiger partial charge in [0.2, 0.25) is 0 Å². The molecule has 0 unspecified atom stereocenters. The average molecular weight is 331 g/mol. The van der Waals surface area contributed by atoms with Gasteiger partial charge in [-0.3, -0.25) is 9.78 Å². The van der Waals surface area contributed by atoms with Gasteiger partial charge < -0.3 is 10.2 Å². The zero-order valence-electron chi connectivity index (χ0n) is 13.5. The molecule has 3 rings (SSSR count). The van der Waals surface area contributed by atoms with E-state index in [9.17, 15) is 4.79 Å². The molecule has 0 bridgehead atoms. The van der Waals surface area contributed by atoms with Crippen LogP contribution in [0.5, 0.6) is 0 Å². The average Bonchev–Trinajstić information content (AvgIpc) is 3.01. The van der Waals surface area contributed by atoms with E-state index in [1.54, 1.807) is 17.9 Å². The van der Waals surface area contributed by atoms with Crippen molar-refractivity contribution in [3.8, 4) is 0 Å². The second kappa shape index (κ2) is 7.04. The standard InChI is InChI=1S/C16H21N5OS/c1-11-14(23-10-20-11)16(22)21-7-3-4-12(9-21)8-13-15(17-2)19-6-5-18-13/h5-6,10,12H,3-4,7-9H2,1-2H3,(H,17,19)/t12-/m0/s1. The molecule has 122 valence electrons. The minimum absolute atomic E-state index is 0.114. The fourth-order valence-electron chi connectivity index (χ4n) is 3.07. The Hall–Kier alpha value is -2.02. The van der Waals surface area contributed by atoms with Crippen molar-refractivity contribution in [2.75, 3.05) is 25.5 Å². The molecule has 6 nitrogen and oxygen atoms in total. The van der Waals surface area contributed by atoms with Crippen LogP contribution in [0.1, 0.15) is 33.9 Å². The van der Waals surface area contributed by atoms with E-state index < -0.39 is 0 Å². The summed E-state index contributed by atoms with van der Waals surface area (Å²) < 4.78 is 0. The highest BCUT2D eigenvalue weighted by Gasteiger charge is 2.27. The molecular weight excluding hydrogens is 310 g/mol. The van der Waals surface area contributed by atoms with E-state index in [1.807, 2.05) is 18.9 Å². The van der Waals surface area contributed by atoms with Gasteiger partial charge >= 0.3 is 0 Å². The number of aryl methyl sites for hydroxylation is 1. The molecule has 1 atom stereocenters. The Labute approximate surface area is 140 Å². The Morgan fingerprint density at radius 1 is 1.39 bits per heavy atom. The summed E-state index contributed by atoms with van der Waals surface area (Å²) in [5.41, 5.74) is 3.54. The fraction of sp³-hybridized carbons (Fsp3) is 0.500. The Morgan fingerprint density at radius 2 is 2.22 bits per heavy atom. The molecule has 1 aliphatic heterocycles. The van der Waals surface area contributed by atoms with Crippen molar-refractivity contribution >= 4 is 23.1 Å². The highest BCUT2D eigenvalue weighted by atomic mass is 32.1. The first-order valence-electron chi connectivity index (χ1n) is 7.86. The quantitative estimate of drug-likeness (QED) is 0.931. The number of rotatable bonds is 4.